The molecule has 0 aliphatic heterocycles. The first-order valence-electron chi connectivity index (χ1n) is 14.3. The van der Waals surface area contributed by atoms with Crippen LogP contribution in [0.2, 0.25) is 0 Å². The van der Waals surface area contributed by atoms with E-state index in [1.54, 1.807) is 5.56 Å². The Bertz CT molecular complexity index is 853. The second-order valence-electron chi connectivity index (χ2n) is 13.9. The quantitative estimate of drug-likeness (QED) is 0.489. The highest BCUT2D eigenvalue weighted by molar-refractivity contribution is 5.33. The summed E-state index contributed by atoms with van der Waals surface area (Å²) >= 11 is 0. The summed E-state index contributed by atoms with van der Waals surface area (Å²) in [6.45, 7) is 15.1. The predicted molar refractivity (Wildman–Crippen MR) is 139 cm³/mol. The zero-order valence-corrected chi connectivity index (χ0v) is 22.4. The summed E-state index contributed by atoms with van der Waals surface area (Å²) in [5, 5.41) is 10.5. The highest BCUT2D eigenvalue weighted by atomic mass is 16.3. The molecule has 1 N–H and O–H groups in total. The second-order valence-corrected chi connectivity index (χ2v) is 13.9. The summed E-state index contributed by atoms with van der Waals surface area (Å²) in [6, 6.07) is 6.80. The average molecular weight is 451 g/mol. The van der Waals surface area contributed by atoms with Gasteiger partial charge in [-0.05, 0) is 147 Å². The van der Waals surface area contributed by atoms with Gasteiger partial charge in [-0.2, -0.15) is 0 Å². The predicted octanol–water partition coefficient (Wildman–Crippen LogP) is 8.28. The van der Waals surface area contributed by atoms with Gasteiger partial charge in [-0.3, -0.25) is 0 Å². The van der Waals surface area contributed by atoms with Crippen molar-refractivity contribution in [2.24, 2.45) is 45.8 Å². The minimum Gasteiger partial charge on any atom is -0.393 e. The lowest BCUT2D eigenvalue weighted by atomic mass is 9.40. The number of hydrogen-bond acceptors (Lipinski definition) is 1. The third kappa shape index (κ3) is 3.66. The highest BCUT2D eigenvalue weighted by Gasteiger charge is 2.63. The van der Waals surface area contributed by atoms with Crippen molar-refractivity contribution in [2.45, 2.75) is 118 Å². The molecule has 0 bridgehead atoms. The molecule has 0 unspecified atom stereocenters. The highest BCUT2D eigenvalue weighted by Crippen LogP contribution is 2.71. The molecule has 4 aliphatic rings. The van der Waals surface area contributed by atoms with E-state index in [0.717, 1.165) is 42.4 Å². The first kappa shape index (κ1) is 23.9. The van der Waals surface area contributed by atoms with Crippen LogP contribution >= 0.6 is 0 Å². The number of fused-ring (bicyclic) bond motifs is 5. The molecular weight excluding hydrogens is 400 g/mol. The number of aliphatic hydroxyl groups is 1. The SMILES string of the molecule is Cc1cccc(C)c1CC[C@@H](C)[C@H]1CC[C@H]2[C@@H]3CC[C@@]4(C)C[C@@H](O)CC[C@]4(C)[C@H]3CC[C@]12C. The molecule has 0 saturated heterocycles. The van der Waals surface area contributed by atoms with Gasteiger partial charge >= 0.3 is 0 Å². The molecule has 0 amide bonds. The third-order valence-electron chi connectivity index (χ3n) is 12.6. The van der Waals surface area contributed by atoms with E-state index in [1.165, 1.54) is 68.9 Å². The summed E-state index contributed by atoms with van der Waals surface area (Å²) in [7, 11) is 0. The fourth-order valence-electron chi connectivity index (χ4n) is 10.4. The maximum atomic E-state index is 10.5. The van der Waals surface area contributed by atoms with E-state index >= 15 is 0 Å². The average Bonchev–Trinajstić information content (AvgIpc) is 3.11. The molecule has 1 nitrogen and oxygen atoms in total. The third-order valence-corrected chi connectivity index (χ3v) is 12.6. The van der Waals surface area contributed by atoms with E-state index in [0.29, 0.717) is 16.2 Å². The van der Waals surface area contributed by atoms with Gasteiger partial charge in [0, 0.05) is 0 Å². The van der Waals surface area contributed by atoms with Gasteiger partial charge in [0.2, 0.25) is 0 Å². The van der Waals surface area contributed by atoms with Crippen LogP contribution in [0, 0.1) is 59.7 Å². The Hall–Kier alpha value is -0.820. The van der Waals surface area contributed by atoms with Crippen LogP contribution in [0.3, 0.4) is 0 Å². The van der Waals surface area contributed by atoms with Crippen LogP contribution < -0.4 is 0 Å². The number of aryl methyl sites for hydroxylation is 2. The Kier molecular flexibility index (Phi) is 6.08. The van der Waals surface area contributed by atoms with Crippen LogP contribution in [0.4, 0.5) is 0 Å². The zero-order chi connectivity index (χ0) is 23.6. The van der Waals surface area contributed by atoms with Crippen LogP contribution in [-0.4, -0.2) is 11.2 Å². The molecule has 1 aromatic carbocycles. The number of aliphatic hydroxyl groups excluding tert-OH is 1. The fourth-order valence-corrected chi connectivity index (χ4v) is 10.4. The lowest BCUT2D eigenvalue weighted by Gasteiger charge is -2.65. The summed E-state index contributed by atoms with van der Waals surface area (Å²) in [5.41, 5.74) is 5.92. The van der Waals surface area contributed by atoms with E-state index in [4.69, 9.17) is 0 Å². The Morgan fingerprint density at radius 1 is 0.909 bits per heavy atom. The number of benzene rings is 1. The molecule has 0 radical (unpaired) electrons. The normalized spacial score (nSPS) is 45.7. The monoisotopic (exact) mass is 450 g/mol. The molecule has 33 heavy (non-hydrogen) atoms. The summed E-state index contributed by atoms with van der Waals surface area (Å²) in [4.78, 5) is 0. The fraction of sp³-hybridized carbons (Fsp3) is 0.812. The van der Waals surface area contributed by atoms with Crippen LogP contribution in [0.15, 0.2) is 18.2 Å². The molecule has 0 spiro atoms. The van der Waals surface area contributed by atoms with Gasteiger partial charge in [0.05, 0.1) is 6.10 Å². The summed E-state index contributed by atoms with van der Waals surface area (Å²) in [5.74, 6) is 4.50. The van der Waals surface area contributed by atoms with Crippen molar-refractivity contribution in [3.05, 3.63) is 34.9 Å². The summed E-state index contributed by atoms with van der Waals surface area (Å²) < 4.78 is 0. The number of hydrogen-bond donors (Lipinski definition) is 1. The van der Waals surface area contributed by atoms with E-state index in [1.807, 2.05) is 0 Å². The van der Waals surface area contributed by atoms with Crippen LogP contribution in [0.1, 0.15) is 109 Å². The van der Waals surface area contributed by atoms with Crippen LogP contribution in [0.25, 0.3) is 0 Å². The van der Waals surface area contributed by atoms with Gasteiger partial charge in [-0.15, -0.1) is 0 Å². The molecule has 4 fully saturated rings. The molecule has 0 aromatic heterocycles. The molecule has 9 atom stereocenters. The molecule has 0 heterocycles. The molecule has 184 valence electrons. The minimum absolute atomic E-state index is 0.0536. The molecule has 1 heteroatoms. The Morgan fingerprint density at radius 3 is 2.36 bits per heavy atom. The van der Waals surface area contributed by atoms with Gasteiger partial charge in [-0.25, -0.2) is 0 Å². The largest absolute Gasteiger partial charge is 0.393 e. The lowest BCUT2D eigenvalue weighted by Crippen LogP contribution is -2.58. The van der Waals surface area contributed by atoms with Crippen LogP contribution in [0.5, 0.6) is 0 Å². The van der Waals surface area contributed by atoms with E-state index in [2.05, 4.69) is 59.7 Å². The van der Waals surface area contributed by atoms with Crippen molar-refractivity contribution in [1.29, 1.82) is 0 Å². The smallest absolute Gasteiger partial charge is 0.0545 e. The maximum absolute atomic E-state index is 10.5. The van der Waals surface area contributed by atoms with Gasteiger partial charge in [-0.1, -0.05) is 45.9 Å². The maximum Gasteiger partial charge on any atom is 0.0545 e. The van der Waals surface area contributed by atoms with Crippen LogP contribution in [-0.2, 0) is 6.42 Å². The minimum atomic E-state index is -0.0536. The molecule has 1 aromatic rings. The first-order chi connectivity index (χ1) is 15.6. The summed E-state index contributed by atoms with van der Waals surface area (Å²) in [6.07, 6.45) is 14.5. The molecule has 5 rings (SSSR count). The standard InChI is InChI=1S/C32H50O/c1-21-8-7-9-22(2)25(21)11-10-23(3)27-12-13-28-26-15-17-30(4)20-24(33)14-19-32(30,6)29(26)16-18-31(27,28)5/h7-9,23-24,26-29,33H,10-20H2,1-6H3/t23-,24+,26+,27-,28+,29+,30+,31-,32-/m1/s1. The van der Waals surface area contributed by atoms with Crippen molar-refractivity contribution in [3.8, 4) is 0 Å². The first-order valence-corrected chi connectivity index (χ1v) is 14.3. The van der Waals surface area contributed by atoms with Crippen molar-refractivity contribution in [1.82, 2.24) is 0 Å². The Balaban J connectivity index is 1.31. The Morgan fingerprint density at radius 2 is 1.64 bits per heavy atom. The topological polar surface area (TPSA) is 20.2 Å². The number of rotatable bonds is 4. The van der Waals surface area contributed by atoms with E-state index in [9.17, 15) is 5.11 Å². The second kappa shape index (κ2) is 8.39. The van der Waals surface area contributed by atoms with Gasteiger partial charge in [0.25, 0.3) is 0 Å². The zero-order valence-electron chi connectivity index (χ0n) is 22.4. The molecular formula is C32H50O. The van der Waals surface area contributed by atoms with E-state index in [-0.39, 0.29) is 6.10 Å². The van der Waals surface area contributed by atoms with E-state index < -0.39 is 0 Å². The van der Waals surface area contributed by atoms with Gasteiger partial charge in [0.1, 0.15) is 0 Å². The molecule has 4 aliphatic carbocycles. The Labute approximate surface area is 204 Å². The van der Waals surface area contributed by atoms with Gasteiger partial charge < -0.3 is 5.11 Å². The lowest BCUT2D eigenvalue weighted by molar-refractivity contribution is -0.171. The van der Waals surface area contributed by atoms with Gasteiger partial charge in [0.15, 0.2) is 0 Å². The van der Waals surface area contributed by atoms with Crippen molar-refractivity contribution in [2.75, 3.05) is 0 Å². The van der Waals surface area contributed by atoms with Crippen molar-refractivity contribution >= 4 is 0 Å². The van der Waals surface area contributed by atoms with Crippen molar-refractivity contribution < 1.29 is 5.11 Å². The molecule has 4 saturated carbocycles. The van der Waals surface area contributed by atoms with Crippen molar-refractivity contribution in [3.63, 3.8) is 0 Å².